The summed E-state index contributed by atoms with van der Waals surface area (Å²) in [5.41, 5.74) is 5.32. The van der Waals surface area contributed by atoms with Gasteiger partial charge in [0.15, 0.2) is 0 Å². The van der Waals surface area contributed by atoms with Crippen LogP contribution in [-0.4, -0.2) is 21.7 Å². The molecule has 0 bridgehead atoms. The van der Waals surface area contributed by atoms with Crippen molar-refractivity contribution in [1.29, 1.82) is 0 Å². The number of rotatable bonds is 7. The van der Waals surface area contributed by atoms with Gasteiger partial charge in [-0.25, -0.2) is 9.48 Å². The Bertz CT molecular complexity index is 1590. The van der Waals surface area contributed by atoms with Crippen molar-refractivity contribution in [2.75, 3.05) is 5.32 Å². The number of hydrogen-bond donors (Lipinski definition) is 1. The van der Waals surface area contributed by atoms with Crippen LogP contribution >= 0.6 is 11.6 Å². The summed E-state index contributed by atoms with van der Waals surface area (Å²) < 4.78 is 7.54. The average molecular weight is 536 g/mol. The fourth-order valence-corrected chi connectivity index (χ4v) is 4.51. The molecule has 1 N–H and O–H groups in total. The summed E-state index contributed by atoms with van der Waals surface area (Å²) in [6.07, 6.45) is 0.434. The number of benzene rings is 4. The number of halogens is 1. The van der Waals surface area contributed by atoms with E-state index in [4.69, 9.17) is 16.3 Å². The first-order chi connectivity index (χ1) is 18.9. The fourth-order valence-electron chi connectivity index (χ4n) is 4.38. The Kier molecular flexibility index (Phi) is 7.57. The van der Waals surface area contributed by atoms with Gasteiger partial charge in [-0.05, 0) is 61.4 Å². The zero-order valence-corrected chi connectivity index (χ0v) is 22.2. The highest BCUT2D eigenvalue weighted by molar-refractivity contribution is 6.30. The number of nitrogens with one attached hydrogen (secondary N) is 1. The number of amides is 1. The minimum absolute atomic E-state index is 0.223. The Morgan fingerprint density at radius 3 is 2.10 bits per heavy atom. The number of aromatic nitrogens is 2. The van der Waals surface area contributed by atoms with Crippen LogP contribution in [0.5, 0.6) is 0 Å². The van der Waals surface area contributed by atoms with Crippen LogP contribution in [0.3, 0.4) is 0 Å². The Morgan fingerprint density at radius 2 is 1.46 bits per heavy atom. The van der Waals surface area contributed by atoms with Crippen molar-refractivity contribution in [3.63, 3.8) is 0 Å². The molecule has 0 aliphatic heterocycles. The van der Waals surface area contributed by atoms with Gasteiger partial charge in [0.2, 0.25) is 6.10 Å². The molecule has 5 aromatic rings. The first-order valence-corrected chi connectivity index (χ1v) is 12.8. The highest BCUT2D eigenvalue weighted by atomic mass is 35.5. The highest BCUT2D eigenvalue weighted by Gasteiger charge is 2.29. The number of aryl methyl sites for hydroxylation is 2. The number of esters is 1. The first-order valence-electron chi connectivity index (χ1n) is 12.4. The molecule has 0 aliphatic rings. The summed E-state index contributed by atoms with van der Waals surface area (Å²) in [5, 5.41) is 8.16. The molecule has 194 valence electrons. The lowest BCUT2D eigenvalue weighted by molar-refractivity contribution is -0.125. The Labute approximate surface area is 231 Å². The van der Waals surface area contributed by atoms with Gasteiger partial charge in [-0.15, -0.1) is 0 Å². The number of nitrogens with zero attached hydrogens (tertiary/aromatic N) is 2. The molecule has 1 heterocycles. The standard InChI is InChI=1S/C32H26ClN3O3/c1-21-17-22(2)19-26(18-21)34-31(37)30(24-9-5-3-6-10-24)39-32(38)28-20-36(27-11-7-4-8-12-27)35-29(28)23-13-15-25(33)16-14-23/h3-20,30H,1-2H3,(H,34,37)/t30-/m0/s1. The van der Waals surface area contributed by atoms with Crippen molar-refractivity contribution < 1.29 is 14.3 Å². The predicted molar refractivity (Wildman–Crippen MR) is 153 cm³/mol. The molecule has 0 fully saturated rings. The van der Waals surface area contributed by atoms with Gasteiger partial charge in [-0.1, -0.05) is 78.3 Å². The molecule has 7 heteroatoms. The van der Waals surface area contributed by atoms with Crippen LogP contribution in [0.1, 0.15) is 33.2 Å². The SMILES string of the molecule is Cc1cc(C)cc(NC(=O)[C@@H](OC(=O)c2cn(-c3ccccc3)nc2-c2ccc(Cl)cc2)c2ccccc2)c1. The van der Waals surface area contributed by atoms with Crippen molar-refractivity contribution in [2.24, 2.45) is 0 Å². The van der Waals surface area contributed by atoms with E-state index in [1.165, 1.54) is 0 Å². The van der Waals surface area contributed by atoms with Crippen LogP contribution in [0, 0.1) is 13.8 Å². The molecule has 0 radical (unpaired) electrons. The van der Waals surface area contributed by atoms with E-state index in [1.54, 1.807) is 59.4 Å². The van der Waals surface area contributed by atoms with Crippen molar-refractivity contribution in [2.45, 2.75) is 20.0 Å². The number of ether oxygens (including phenoxy) is 1. The maximum atomic E-state index is 13.7. The highest BCUT2D eigenvalue weighted by Crippen LogP contribution is 2.29. The monoisotopic (exact) mass is 535 g/mol. The molecule has 0 unspecified atom stereocenters. The number of para-hydroxylation sites is 1. The molecule has 4 aromatic carbocycles. The molecule has 0 saturated carbocycles. The van der Waals surface area contributed by atoms with Gasteiger partial charge in [-0.3, -0.25) is 4.79 Å². The number of anilines is 1. The molecule has 1 amide bonds. The van der Waals surface area contributed by atoms with Crippen LogP contribution in [-0.2, 0) is 9.53 Å². The van der Waals surface area contributed by atoms with Crippen molar-refractivity contribution >= 4 is 29.2 Å². The van der Waals surface area contributed by atoms with E-state index >= 15 is 0 Å². The molecule has 1 aromatic heterocycles. The van der Waals surface area contributed by atoms with Gasteiger partial charge in [0.05, 0.1) is 5.69 Å². The third-order valence-electron chi connectivity index (χ3n) is 6.13. The van der Waals surface area contributed by atoms with Crippen LogP contribution in [0.4, 0.5) is 5.69 Å². The minimum atomic E-state index is -1.18. The van der Waals surface area contributed by atoms with Gasteiger partial charge in [-0.2, -0.15) is 5.10 Å². The topological polar surface area (TPSA) is 73.2 Å². The van der Waals surface area contributed by atoms with E-state index in [1.807, 2.05) is 68.4 Å². The molecule has 5 rings (SSSR count). The third-order valence-corrected chi connectivity index (χ3v) is 6.38. The third kappa shape index (κ3) is 6.08. The summed E-state index contributed by atoms with van der Waals surface area (Å²) in [6, 6.07) is 31.2. The smallest absolute Gasteiger partial charge is 0.343 e. The Hall–Kier alpha value is -4.68. The maximum Gasteiger partial charge on any atom is 0.343 e. The van der Waals surface area contributed by atoms with Crippen LogP contribution in [0.25, 0.3) is 16.9 Å². The van der Waals surface area contributed by atoms with Gasteiger partial charge in [0.25, 0.3) is 5.91 Å². The van der Waals surface area contributed by atoms with E-state index in [0.29, 0.717) is 27.5 Å². The van der Waals surface area contributed by atoms with Crippen LogP contribution in [0.2, 0.25) is 5.02 Å². The van der Waals surface area contributed by atoms with Crippen molar-refractivity contribution in [3.8, 4) is 16.9 Å². The summed E-state index contributed by atoms with van der Waals surface area (Å²) >= 11 is 6.10. The lowest BCUT2D eigenvalue weighted by Crippen LogP contribution is -2.26. The van der Waals surface area contributed by atoms with Crippen molar-refractivity contribution in [3.05, 3.63) is 137 Å². The molecule has 0 saturated heterocycles. The summed E-state index contributed by atoms with van der Waals surface area (Å²) in [4.78, 5) is 27.2. The molecular formula is C32H26ClN3O3. The predicted octanol–water partition coefficient (Wildman–Crippen LogP) is 7.35. The normalized spacial score (nSPS) is 11.6. The molecule has 1 atom stereocenters. The largest absolute Gasteiger partial charge is 0.444 e. The second-order valence-electron chi connectivity index (χ2n) is 9.24. The maximum absolute atomic E-state index is 13.7. The first kappa shape index (κ1) is 25.9. The van der Waals surface area contributed by atoms with Gasteiger partial charge < -0.3 is 10.1 Å². The molecular weight excluding hydrogens is 510 g/mol. The zero-order valence-electron chi connectivity index (χ0n) is 21.5. The Balaban J connectivity index is 1.51. The van der Waals surface area contributed by atoms with Gasteiger partial charge in [0, 0.05) is 28.0 Å². The summed E-state index contributed by atoms with van der Waals surface area (Å²) in [7, 11) is 0. The van der Waals surface area contributed by atoms with Gasteiger partial charge >= 0.3 is 5.97 Å². The van der Waals surface area contributed by atoms with E-state index in [0.717, 1.165) is 16.8 Å². The lowest BCUT2D eigenvalue weighted by Gasteiger charge is -2.18. The van der Waals surface area contributed by atoms with Crippen LogP contribution in [0.15, 0.2) is 109 Å². The van der Waals surface area contributed by atoms with E-state index in [9.17, 15) is 9.59 Å². The molecule has 6 nitrogen and oxygen atoms in total. The second kappa shape index (κ2) is 11.4. The lowest BCUT2D eigenvalue weighted by atomic mass is 10.1. The zero-order chi connectivity index (χ0) is 27.4. The molecule has 0 spiro atoms. The summed E-state index contributed by atoms with van der Waals surface area (Å²) in [6.45, 7) is 3.92. The van der Waals surface area contributed by atoms with E-state index in [2.05, 4.69) is 10.4 Å². The Morgan fingerprint density at radius 1 is 0.846 bits per heavy atom. The van der Waals surface area contributed by atoms with Gasteiger partial charge in [0.1, 0.15) is 11.3 Å². The minimum Gasteiger partial charge on any atom is -0.444 e. The number of carbonyl (C=O) groups is 2. The quantitative estimate of drug-likeness (QED) is 0.221. The fraction of sp³-hybridized carbons (Fsp3) is 0.0938. The average Bonchev–Trinajstić information content (AvgIpc) is 3.38. The van der Waals surface area contributed by atoms with Crippen molar-refractivity contribution in [1.82, 2.24) is 9.78 Å². The number of hydrogen-bond acceptors (Lipinski definition) is 4. The molecule has 0 aliphatic carbocycles. The van der Waals surface area contributed by atoms with E-state index < -0.39 is 18.0 Å². The van der Waals surface area contributed by atoms with Crippen LogP contribution < -0.4 is 5.32 Å². The van der Waals surface area contributed by atoms with E-state index in [-0.39, 0.29) is 5.56 Å². The molecule has 39 heavy (non-hydrogen) atoms. The number of carbonyl (C=O) groups excluding carboxylic acids is 2. The second-order valence-corrected chi connectivity index (χ2v) is 9.68. The summed E-state index contributed by atoms with van der Waals surface area (Å²) in [5.74, 6) is -1.13.